The number of alkyl halides is 3. The molecule has 0 aromatic heterocycles. The molecule has 0 radical (unpaired) electrons. The topological polar surface area (TPSA) is 46.2 Å². The van der Waals surface area contributed by atoms with Gasteiger partial charge in [0.15, 0.2) is 11.3 Å². The highest BCUT2D eigenvalue weighted by Gasteiger charge is 2.48. The molecule has 1 amide bonds. The van der Waals surface area contributed by atoms with Crippen molar-refractivity contribution in [3.63, 3.8) is 0 Å². The summed E-state index contributed by atoms with van der Waals surface area (Å²) in [6, 6.07) is 11.3. The highest BCUT2D eigenvalue weighted by Crippen LogP contribution is 2.37. The lowest BCUT2D eigenvalue weighted by atomic mass is 9.80. The predicted molar refractivity (Wildman–Crippen MR) is 81.2 cm³/mol. The van der Waals surface area contributed by atoms with Crippen LogP contribution in [0, 0.1) is 6.92 Å². The minimum Gasteiger partial charge on any atom is -0.336 e. The van der Waals surface area contributed by atoms with E-state index in [1.165, 1.54) is 12.1 Å². The van der Waals surface area contributed by atoms with Crippen molar-refractivity contribution in [2.75, 3.05) is 0 Å². The highest BCUT2D eigenvalue weighted by molar-refractivity contribution is 6.12. The van der Waals surface area contributed by atoms with Crippen LogP contribution >= 0.6 is 0 Å². The zero-order valence-corrected chi connectivity index (χ0v) is 12.8. The fraction of sp³-hybridized carbons (Fsp3) is 0.222. The first-order chi connectivity index (χ1) is 11.2. The summed E-state index contributed by atoms with van der Waals surface area (Å²) in [5, 5.41) is 2.66. The normalized spacial score (nSPS) is 21.0. The zero-order valence-electron chi connectivity index (χ0n) is 12.8. The Hall–Kier alpha value is -2.63. The van der Waals surface area contributed by atoms with Crippen LogP contribution < -0.4 is 5.32 Å². The number of hydrogen-bond acceptors (Lipinski definition) is 2. The number of benzene rings is 2. The van der Waals surface area contributed by atoms with Crippen molar-refractivity contribution in [1.82, 2.24) is 5.32 Å². The van der Waals surface area contributed by atoms with Crippen molar-refractivity contribution >= 4 is 11.7 Å². The summed E-state index contributed by atoms with van der Waals surface area (Å²) in [4.78, 5) is 24.4. The standard InChI is InChI=1S/C18H14F3NO2/c1-11-2-4-12(5-3-11)17(15(23)10-16(24)22-17)13-6-8-14(9-7-13)18(19,20)21/h2-9H,10H2,1H3,(H,22,24). The average Bonchev–Trinajstić information content (AvgIpc) is 2.83. The zero-order chi connectivity index (χ0) is 17.5. The molecular weight excluding hydrogens is 319 g/mol. The molecule has 24 heavy (non-hydrogen) atoms. The molecule has 1 aliphatic rings. The van der Waals surface area contributed by atoms with Crippen molar-refractivity contribution in [3.05, 3.63) is 70.8 Å². The minimum absolute atomic E-state index is 0.297. The number of hydrogen-bond donors (Lipinski definition) is 1. The molecular formula is C18H14F3NO2. The second kappa shape index (κ2) is 5.47. The van der Waals surface area contributed by atoms with Gasteiger partial charge in [0.05, 0.1) is 12.0 Å². The Labute approximate surface area is 136 Å². The van der Waals surface area contributed by atoms with Crippen LogP contribution in [0.4, 0.5) is 13.2 Å². The van der Waals surface area contributed by atoms with E-state index in [1.54, 1.807) is 24.3 Å². The van der Waals surface area contributed by atoms with E-state index in [0.717, 1.165) is 17.7 Å². The molecule has 0 saturated carbocycles. The third kappa shape index (κ3) is 2.58. The van der Waals surface area contributed by atoms with Gasteiger partial charge in [0.2, 0.25) is 5.91 Å². The monoisotopic (exact) mass is 333 g/mol. The quantitative estimate of drug-likeness (QED) is 0.857. The van der Waals surface area contributed by atoms with Crippen molar-refractivity contribution in [2.24, 2.45) is 0 Å². The highest BCUT2D eigenvalue weighted by atomic mass is 19.4. The Bertz CT molecular complexity index is 795. The van der Waals surface area contributed by atoms with E-state index >= 15 is 0 Å². The second-order valence-corrected chi connectivity index (χ2v) is 5.84. The first kappa shape index (κ1) is 16.2. The maximum absolute atomic E-state index is 12.8. The summed E-state index contributed by atoms with van der Waals surface area (Å²) in [6.07, 6.45) is -4.76. The molecule has 1 heterocycles. The summed E-state index contributed by atoms with van der Waals surface area (Å²) < 4.78 is 38.3. The summed E-state index contributed by atoms with van der Waals surface area (Å²) in [5.41, 5.74) is -0.423. The average molecular weight is 333 g/mol. The van der Waals surface area contributed by atoms with E-state index < -0.39 is 23.2 Å². The Balaban J connectivity index is 2.14. The lowest BCUT2D eigenvalue weighted by molar-refractivity contribution is -0.137. The van der Waals surface area contributed by atoms with Crippen LogP contribution in [0.1, 0.15) is 28.7 Å². The van der Waals surface area contributed by atoms with Crippen molar-refractivity contribution < 1.29 is 22.8 Å². The van der Waals surface area contributed by atoms with E-state index in [-0.39, 0.29) is 12.2 Å². The van der Waals surface area contributed by atoms with Gasteiger partial charge in [-0.05, 0) is 30.2 Å². The second-order valence-electron chi connectivity index (χ2n) is 5.84. The van der Waals surface area contributed by atoms with Crippen LogP contribution in [-0.2, 0) is 21.3 Å². The van der Waals surface area contributed by atoms with E-state index in [1.807, 2.05) is 6.92 Å². The molecule has 1 fully saturated rings. The van der Waals surface area contributed by atoms with Gasteiger partial charge in [-0.2, -0.15) is 13.2 Å². The number of halogens is 3. The number of ketones is 1. The summed E-state index contributed by atoms with van der Waals surface area (Å²) >= 11 is 0. The first-order valence-electron chi connectivity index (χ1n) is 7.33. The number of Topliss-reactive ketones (excluding diaryl/α,β-unsaturated/α-hetero) is 1. The number of rotatable bonds is 2. The molecule has 1 atom stereocenters. The predicted octanol–water partition coefficient (Wildman–Crippen LogP) is 3.35. The molecule has 0 bridgehead atoms. The van der Waals surface area contributed by atoms with Gasteiger partial charge in [-0.3, -0.25) is 9.59 Å². The summed E-state index contributed by atoms with van der Waals surface area (Å²) in [6.45, 7) is 1.88. The third-order valence-electron chi connectivity index (χ3n) is 4.20. The van der Waals surface area contributed by atoms with E-state index in [4.69, 9.17) is 0 Å². The SMILES string of the molecule is Cc1ccc(C2(c3ccc(C(F)(F)F)cc3)NC(=O)CC2=O)cc1. The van der Waals surface area contributed by atoms with Crippen molar-refractivity contribution in [1.29, 1.82) is 0 Å². The summed E-state index contributed by atoms with van der Waals surface area (Å²) in [5.74, 6) is -0.823. The van der Waals surface area contributed by atoms with Gasteiger partial charge in [0.25, 0.3) is 0 Å². The molecule has 0 aliphatic carbocycles. The molecule has 1 saturated heterocycles. The Morgan fingerprint density at radius 1 is 0.917 bits per heavy atom. The van der Waals surface area contributed by atoms with Crippen molar-refractivity contribution in [3.8, 4) is 0 Å². The molecule has 124 valence electrons. The van der Waals surface area contributed by atoms with Gasteiger partial charge in [0, 0.05) is 0 Å². The third-order valence-corrected chi connectivity index (χ3v) is 4.20. The largest absolute Gasteiger partial charge is 0.416 e. The number of amides is 1. The van der Waals surface area contributed by atoms with Crippen LogP contribution in [0.3, 0.4) is 0 Å². The Kier molecular flexibility index (Phi) is 3.70. The molecule has 2 aromatic rings. The number of carbonyl (C=O) groups excluding carboxylic acids is 2. The fourth-order valence-corrected chi connectivity index (χ4v) is 2.95. The molecule has 6 heteroatoms. The maximum Gasteiger partial charge on any atom is 0.416 e. The van der Waals surface area contributed by atoms with E-state index in [0.29, 0.717) is 11.1 Å². The molecule has 3 nitrogen and oxygen atoms in total. The van der Waals surface area contributed by atoms with Crippen LogP contribution in [0.2, 0.25) is 0 Å². The summed E-state index contributed by atoms with van der Waals surface area (Å²) in [7, 11) is 0. The minimum atomic E-state index is -4.46. The van der Waals surface area contributed by atoms with Crippen LogP contribution in [0.25, 0.3) is 0 Å². The van der Waals surface area contributed by atoms with Gasteiger partial charge >= 0.3 is 6.18 Å². The number of aryl methyl sites for hydroxylation is 1. The number of carbonyl (C=O) groups is 2. The molecule has 1 unspecified atom stereocenters. The molecule has 1 aliphatic heterocycles. The van der Waals surface area contributed by atoms with Gasteiger partial charge in [-0.1, -0.05) is 42.0 Å². The maximum atomic E-state index is 12.8. The molecule has 2 aromatic carbocycles. The molecule has 3 rings (SSSR count). The Morgan fingerprint density at radius 2 is 1.42 bits per heavy atom. The lowest BCUT2D eigenvalue weighted by Crippen LogP contribution is -2.44. The number of nitrogens with one attached hydrogen (secondary N) is 1. The van der Waals surface area contributed by atoms with Crippen LogP contribution in [0.15, 0.2) is 48.5 Å². The van der Waals surface area contributed by atoms with Crippen LogP contribution in [0.5, 0.6) is 0 Å². The Morgan fingerprint density at radius 3 is 1.83 bits per heavy atom. The first-order valence-corrected chi connectivity index (χ1v) is 7.33. The lowest BCUT2D eigenvalue weighted by Gasteiger charge is -2.29. The fourth-order valence-electron chi connectivity index (χ4n) is 2.95. The molecule has 1 N–H and O–H groups in total. The molecule has 0 spiro atoms. The van der Waals surface area contributed by atoms with Crippen LogP contribution in [-0.4, -0.2) is 11.7 Å². The van der Waals surface area contributed by atoms with Crippen molar-refractivity contribution in [2.45, 2.75) is 25.1 Å². The van der Waals surface area contributed by atoms with Gasteiger partial charge in [-0.15, -0.1) is 0 Å². The van der Waals surface area contributed by atoms with Gasteiger partial charge in [0.1, 0.15) is 0 Å². The smallest absolute Gasteiger partial charge is 0.336 e. The van der Waals surface area contributed by atoms with E-state index in [2.05, 4.69) is 5.32 Å². The van der Waals surface area contributed by atoms with Gasteiger partial charge < -0.3 is 5.32 Å². The van der Waals surface area contributed by atoms with E-state index in [9.17, 15) is 22.8 Å². The van der Waals surface area contributed by atoms with Gasteiger partial charge in [-0.25, -0.2) is 0 Å².